The molecule has 0 spiro atoms. The van der Waals surface area contributed by atoms with Gasteiger partial charge in [0.05, 0.1) is 0 Å². The maximum absolute atomic E-state index is 5.14. The lowest BCUT2D eigenvalue weighted by molar-refractivity contribution is 0.528. The Balaban J connectivity index is 2.75. The van der Waals surface area contributed by atoms with Crippen LogP contribution in [0.2, 0.25) is 0 Å². The molecular formula is C2H9N3S. The monoisotopic (exact) mass is 107 g/mol. The van der Waals surface area contributed by atoms with Crippen LogP contribution in [0.25, 0.3) is 0 Å². The van der Waals surface area contributed by atoms with Crippen LogP contribution >= 0.6 is 12.1 Å². The quantitative estimate of drug-likeness (QED) is 0.289. The first-order chi connectivity index (χ1) is 2.81. The smallest absolute Gasteiger partial charge is 0.0226 e. The molecule has 0 fully saturated rings. The van der Waals surface area contributed by atoms with E-state index >= 15 is 0 Å². The Labute approximate surface area is 41.9 Å². The molecule has 0 heterocycles. The van der Waals surface area contributed by atoms with Crippen molar-refractivity contribution in [2.45, 2.75) is 6.92 Å². The summed E-state index contributed by atoms with van der Waals surface area (Å²) in [5.41, 5.74) is 0. The van der Waals surface area contributed by atoms with Crippen LogP contribution in [0.15, 0.2) is 0 Å². The highest BCUT2D eigenvalue weighted by Crippen LogP contribution is 1.86. The molecule has 0 radical (unpaired) electrons. The Morgan fingerprint density at radius 2 is 2.33 bits per heavy atom. The van der Waals surface area contributed by atoms with E-state index in [0.717, 1.165) is 18.7 Å². The van der Waals surface area contributed by atoms with Crippen molar-refractivity contribution in [2.24, 2.45) is 11.0 Å². The van der Waals surface area contributed by atoms with Crippen molar-refractivity contribution < 1.29 is 0 Å². The lowest BCUT2D eigenvalue weighted by Gasteiger charge is -2.04. The molecule has 0 amide bonds. The van der Waals surface area contributed by atoms with E-state index in [9.17, 15) is 0 Å². The molecule has 0 aliphatic rings. The zero-order valence-corrected chi connectivity index (χ0v) is 4.53. The number of nitrogens with two attached hydrogens (primary N) is 2. The predicted octanol–water partition coefficient (Wildman–Crippen LogP) is -0.296. The van der Waals surface area contributed by atoms with Crippen LogP contribution in [-0.4, -0.2) is 11.0 Å². The van der Waals surface area contributed by atoms with E-state index in [1.54, 1.807) is 0 Å². The molecule has 0 aliphatic heterocycles. The Kier molecular flexibility index (Phi) is 3.55. The van der Waals surface area contributed by atoms with Gasteiger partial charge in [-0.15, -0.1) is 0 Å². The molecule has 0 atom stereocenters. The van der Waals surface area contributed by atoms with Crippen LogP contribution < -0.4 is 11.0 Å². The molecule has 38 valence electrons. The standard InChI is InChI=1S/C2H9N3S/c1-2-5(3)6-4/h2-4H2,1H3. The molecule has 0 aliphatic carbocycles. The van der Waals surface area contributed by atoms with Crippen LogP contribution in [0.4, 0.5) is 0 Å². The van der Waals surface area contributed by atoms with E-state index in [0.29, 0.717) is 0 Å². The molecule has 4 N–H and O–H groups in total. The minimum absolute atomic E-state index is 0.779. The van der Waals surface area contributed by atoms with Crippen molar-refractivity contribution >= 4 is 12.1 Å². The maximum Gasteiger partial charge on any atom is 0.0226 e. The molecule has 0 rings (SSSR count). The van der Waals surface area contributed by atoms with Crippen LogP contribution in [-0.2, 0) is 0 Å². The molecule has 0 bridgehead atoms. The molecule has 3 nitrogen and oxygen atoms in total. The summed E-state index contributed by atoms with van der Waals surface area (Å²) in [7, 11) is 0. The van der Waals surface area contributed by atoms with Gasteiger partial charge in [-0.05, 0) is 6.92 Å². The van der Waals surface area contributed by atoms with E-state index in [4.69, 9.17) is 11.0 Å². The van der Waals surface area contributed by atoms with E-state index < -0.39 is 0 Å². The highest BCUT2D eigenvalue weighted by atomic mass is 32.2. The van der Waals surface area contributed by atoms with Crippen molar-refractivity contribution in [1.29, 1.82) is 0 Å². The normalized spacial score (nSPS) is 10.0. The third-order valence-corrected chi connectivity index (χ3v) is 0.976. The summed E-state index contributed by atoms with van der Waals surface area (Å²) in [6, 6.07) is 0. The first-order valence-electron chi connectivity index (χ1n) is 1.70. The average molecular weight is 107 g/mol. The molecule has 6 heavy (non-hydrogen) atoms. The summed E-state index contributed by atoms with van der Waals surface area (Å²) < 4.78 is 1.44. The predicted molar refractivity (Wildman–Crippen MR) is 28.3 cm³/mol. The van der Waals surface area contributed by atoms with Crippen molar-refractivity contribution in [3.05, 3.63) is 0 Å². The van der Waals surface area contributed by atoms with Gasteiger partial charge in [-0.1, -0.05) is 0 Å². The summed E-state index contributed by atoms with van der Waals surface area (Å²) in [5, 5.41) is 5.00. The van der Waals surface area contributed by atoms with Crippen LogP contribution in [0.3, 0.4) is 0 Å². The van der Waals surface area contributed by atoms with Crippen molar-refractivity contribution in [1.82, 2.24) is 4.41 Å². The fraction of sp³-hybridized carbons (Fsp3) is 1.00. The van der Waals surface area contributed by atoms with Gasteiger partial charge >= 0.3 is 0 Å². The Morgan fingerprint density at radius 1 is 1.83 bits per heavy atom. The Bertz CT molecular complexity index is 28.0. The van der Waals surface area contributed by atoms with Gasteiger partial charge in [0.1, 0.15) is 0 Å². The zero-order valence-electron chi connectivity index (χ0n) is 3.72. The topological polar surface area (TPSA) is 55.3 Å². The van der Waals surface area contributed by atoms with Gasteiger partial charge in [-0.3, -0.25) is 11.0 Å². The largest absolute Gasteiger partial charge is 0.263 e. The molecule has 0 saturated carbocycles. The van der Waals surface area contributed by atoms with Crippen LogP contribution in [0.1, 0.15) is 6.92 Å². The minimum Gasteiger partial charge on any atom is -0.263 e. The Morgan fingerprint density at radius 3 is 2.33 bits per heavy atom. The van der Waals surface area contributed by atoms with Gasteiger partial charge < -0.3 is 0 Å². The van der Waals surface area contributed by atoms with E-state index in [-0.39, 0.29) is 0 Å². The summed E-state index contributed by atoms with van der Waals surface area (Å²) in [4.78, 5) is 0. The highest BCUT2D eigenvalue weighted by Gasteiger charge is 1.83. The summed E-state index contributed by atoms with van der Waals surface area (Å²) >= 11 is 1.04. The summed E-state index contributed by atoms with van der Waals surface area (Å²) in [5.74, 6) is 5.14. The zero-order chi connectivity index (χ0) is 4.99. The molecule has 0 unspecified atom stereocenters. The third-order valence-electron chi connectivity index (χ3n) is 0.447. The first-order valence-corrected chi connectivity index (χ1v) is 2.54. The Hall–Kier alpha value is 0.230. The van der Waals surface area contributed by atoms with E-state index in [2.05, 4.69) is 0 Å². The molecule has 0 aromatic carbocycles. The van der Waals surface area contributed by atoms with Gasteiger partial charge in [0.15, 0.2) is 0 Å². The van der Waals surface area contributed by atoms with Crippen molar-refractivity contribution in [3.8, 4) is 0 Å². The van der Waals surface area contributed by atoms with Crippen LogP contribution in [0.5, 0.6) is 0 Å². The highest BCUT2D eigenvalue weighted by molar-refractivity contribution is 7.94. The van der Waals surface area contributed by atoms with Gasteiger partial charge in [0.25, 0.3) is 0 Å². The SMILES string of the molecule is CCN(N)SN. The van der Waals surface area contributed by atoms with Gasteiger partial charge in [0, 0.05) is 18.7 Å². The first kappa shape index (κ1) is 6.23. The van der Waals surface area contributed by atoms with Crippen molar-refractivity contribution in [3.63, 3.8) is 0 Å². The van der Waals surface area contributed by atoms with Crippen molar-refractivity contribution in [2.75, 3.05) is 6.54 Å². The summed E-state index contributed by atoms with van der Waals surface area (Å²) in [6.07, 6.45) is 0. The van der Waals surface area contributed by atoms with Crippen LogP contribution in [0, 0.1) is 0 Å². The second-order valence-electron chi connectivity index (χ2n) is 0.839. The number of rotatable bonds is 2. The third kappa shape index (κ3) is 2.47. The number of nitrogens with zero attached hydrogens (tertiary/aromatic N) is 1. The fourth-order valence-electron chi connectivity index (χ4n) is 0.0745. The summed E-state index contributed by atoms with van der Waals surface area (Å²) in [6.45, 7) is 2.71. The second kappa shape index (κ2) is 3.42. The number of hydrogen-bond donors (Lipinski definition) is 2. The average Bonchev–Trinajstić information content (AvgIpc) is 1.65. The lowest BCUT2D eigenvalue weighted by Crippen LogP contribution is -2.24. The van der Waals surface area contributed by atoms with Gasteiger partial charge in [-0.2, -0.15) is 4.41 Å². The number of hydrazine groups is 1. The minimum atomic E-state index is 0.779. The maximum atomic E-state index is 5.14. The second-order valence-corrected chi connectivity index (χ2v) is 1.52. The fourth-order valence-corrected chi connectivity index (χ4v) is 0.224. The molecule has 0 aromatic heterocycles. The van der Waals surface area contributed by atoms with Gasteiger partial charge in [0.2, 0.25) is 0 Å². The molecule has 4 heteroatoms. The number of hydrogen-bond acceptors (Lipinski definition) is 4. The van der Waals surface area contributed by atoms with Gasteiger partial charge in [-0.25, -0.2) is 0 Å². The molecule has 0 saturated heterocycles. The lowest BCUT2D eigenvalue weighted by atomic mass is 10.8. The molecule has 0 aromatic rings. The molecular weight excluding hydrogens is 98.1 g/mol. The van der Waals surface area contributed by atoms with E-state index in [1.165, 1.54) is 4.41 Å². The van der Waals surface area contributed by atoms with E-state index in [1.807, 2.05) is 6.92 Å².